The Morgan fingerprint density at radius 1 is 1.24 bits per heavy atom. The molecule has 0 fully saturated rings. The lowest BCUT2D eigenvalue weighted by molar-refractivity contribution is -0.129. The molecule has 0 spiro atoms. The standard InChI is InChI=1S/C16H18N2O2S/c1-3-5-6-7-15(19)20-13-10-8-12(9-11-13)16-18-17-14(4-2)21-16/h6-11H,3-5H2,1-2H3/b7-6+. The van der Waals surface area contributed by atoms with Gasteiger partial charge in [-0.25, -0.2) is 4.79 Å². The number of allylic oxidation sites excluding steroid dienone is 1. The predicted octanol–water partition coefficient (Wildman–Crippen LogP) is 4.03. The van der Waals surface area contributed by atoms with Crippen molar-refractivity contribution in [1.29, 1.82) is 0 Å². The Morgan fingerprint density at radius 3 is 2.62 bits per heavy atom. The van der Waals surface area contributed by atoms with Crippen molar-refractivity contribution in [3.63, 3.8) is 0 Å². The Bertz CT molecular complexity index is 617. The van der Waals surface area contributed by atoms with E-state index in [0.29, 0.717) is 5.75 Å². The average Bonchev–Trinajstić information content (AvgIpc) is 2.97. The van der Waals surface area contributed by atoms with Gasteiger partial charge in [-0.15, -0.1) is 10.2 Å². The van der Waals surface area contributed by atoms with Gasteiger partial charge in [-0.2, -0.15) is 0 Å². The van der Waals surface area contributed by atoms with E-state index in [4.69, 9.17) is 4.74 Å². The van der Waals surface area contributed by atoms with E-state index >= 15 is 0 Å². The smallest absolute Gasteiger partial charge is 0.335 e. The summed E-state index contributed by atoms with van der Waals surface area (Å²) in [5.41, 5.74) is 0.980. The van der Waals surface area contributed by atoms with Crippen LogP contribution < -0.4 is 4.74 Å². The third-order valence-electron chi connectivity index (χ3n) is 2.80. The molecule has 0 bridgehead atoms. The van der Waals surface area contributed by atoms with E-state index in [1.54, 1.807) is 23.5 Å². The number of nitrogens with zero attached hydrogens (tertiary/aromatic N) is 2. The van der Waals surface area contributed by atoms with Crippen LogP contribution in [0.3, 0.4) is 0 Å². The maximum absolute atomic E-state index is 11.6. The highest BCUT2D eigenvalue weighted by Crippen LogP contribution is 2.25. The molecular formula is C16H18N2O2S. The molecule has 1 heterocycles. The second-order valence-electron chi connectivity index (χ2n) is 4.49. The SMILES string of the molecule is CCC/C=C/C(=O)Oc1ccc(-c2nnc(CC)s2)cc1. The predicted molar refractivity (Wildman–Crippen MR) is 84.4 cm³/mol. The van der Waals surface area contributed by atoms with Gasteiger partial charge >= 0.3 is 5.97 Å². The number of carbonyl (C=O) groups is 1. The minimum atomic E-state index is -0.347. The van der Waals surface area contributed by atoms with Crippen LogP contribution >= 0.6 is 11.3 Å². The number of hydrogen-bond acceptors (Lipinski definition) is 5. The molecule has 0 radical (unpaired) electrons. The Balaban J connectivity index is 2.00. The minimum Gasteiger partial charge on any atom is -0.423 e. The van der Waals surface area contributed by atoms with E-state index < -0.39 is 0 Å². The minimum absolute atomic E-state index is 0.347. The Hall–Kier alpha value is -2.01. The van der Waals surface area contributed by atoms with Crippen LogP contribution in [-0.4, -0.2) is 16.2 Å². The summed E-state index contributed by atoms with van der Waals surface area (Å²) < 4.78 is 5.22. The summed E-state index contributed by atoms with van der Waals surface area (Å²) in [6, 6.07) is 7.32. The summed E-state index contributed by atoms with van der Waals surface area (Å²) >= 11 is 1.58. The number of rotatable bonds is 6. The first-order chi connectivity index (χ1) is 10.2. The summed E-state index contributed by atoms with van der Waals surface area (Å²) in [6.07, 6.45) is 6.07. The monoisotopic (exact) mass is 302 g/mol. The average molecular weight is 302 g/mol. The Morgan fingerprint density at radius 2 is 2.00 bits per heavy atom. The fourth-order valence-corrected chi connectivity index (χ4v) is 2.46. The van der Waals surface area contributed by atoms with Gasteiger partial charge in [0.1, 0.15) is 15.8 Å². The van der Waals surface area contributed by atoms with E-state index in [1.165, 1.54) is 6.08 Å². The van der Waals surface area contributed by atoms with Crippen molar-refractivity contribution >= 4 is 17.3 Å². The fraction of sp³-hybridized carbons (Fsp3) is 0.312. The van der Waals surface area contributed by atoms with Crippen molar-refractivity contribution in [3.05, 3.63) is 41.4 Å². The van der Waals surface area contributed by atoms with Gasteiger partial charge < -0.3 is 4.74 Å². The van der Waals surface area contributed by atoms with Crippen molar-refractivity contribution in [1.82, 2.24) is 10.2 Å². The summed E-state index contributed by atoms with van der Waals surface area (Å²) in [4.78, 5) is 11.6. The number of aryl methyl sites for hydroxylation is 1. The molecule has 1 aromatic heterocycles. The van der Waals surface area contributed by atoms with Gasteiger partial charge in [0.05, 0.1) is 0 Å². The first-order valence-corrected chi connectivity index (χ1v) is 7.85. The second kappa shape index (κ2) is 7.69. The maximum atomic E-state index is 11.6. The molecule has 2 aromatic rings. The highest BCUT2D eigenvalue weighted by molar-refractivity contribution is 7.14. The summed E-state index contributed by atoms with van der Waals surface area (Å²) in [6.45, 7) is 4.12. The van der Waals surface area contributed by atoms with Crippen LogP contribution in [0.1, 0.15) is 31.7 Å². The van der Waals surface area contributed by atoms with Gasteiger partial charge in [-0.3, -0.25) is 0 Å². The van der Waals surface area contributed by atoms with Crippen LogP contribution in [-0.2, 0) is 11.2 Å². The van der Waals surface area contributed by atoms with Gasteiger partial charge in [0.2, 0.25) is 0 Å². The number of aromatic nitrogens is 2. The molecular weight excluding hydrogens is 284 g/mol. The van der Waals surface area contributed by atoms with Gasteiger partial charge in [0.25, 0.3) is 0 Å². The molecule has 1 aromatic carbocycles. The van der Waals surface area contributed by atoms with Gasteiger partial charge in [-0.05, 0) is 37.1 Å². The van der Waals surface area contributed by atoms with E-state index in [2.05, 4.69) is 24.0 Å². The quantitative estimate of drug-likeness (QED) is 0.459. The summed E-state index contributed by atoms with van der Waals surface area (Å²) in [5, 5.41) is 10.1. The molecule has 0 unspecified atom stereocenters. The Kier molecular flexibility index (Phi) is 5.63. The lowest BCUT2D eigenvalue weighted by Crippen LogP contribution is -2.03. The highest BCUT2D eigenvalue weighted by Gasteiger charge is 2.06. The van der Waals surface area contributed by atoms with Crippen molar-refractivity contribution < 1.29 is 9.53 Å². The highest BCUT2D eigenvalue weighted by atomic mass is 32.1. The number of hydrogen-bond donors (Lipinski definition) is 0. The third-order valence-corrected chi connectivity index (χ3v) is 3.91. The molecule has 0 aliphatic carbocycles. The molecule has 0 aliphatic heterocycles. The van der Waals surface area contributed by atoms with E-state index in [-0.39, 0.29) is 5.97 Å². The summed E-state index contributed by atoms with van der Waals surface area (Å²) in [5.74, 6) is 0.186. The van der Waals surface area contributed by atoms with E-state index in [0.717, 1.165) is 34.8 Å². The first-order valence-electron chi connectivity index (χ1n) is 7.04. The van der Waals surface area contributed by atoms with Crippen molar-refractivity contribution in [3.8, 4) is 16.3 Å². The molecule has 2 rings (SSSR count). The van der Waals surface area contributed by atoms with Gasteiger partial charge in [-0.1, -0.05) is 37.7 Å². The molecule has 110 valence electrons. The molecule has 0 saturated carbocycles. The largest absolute Gasteiger partial charge is 0.423 e. The van der Waals surface area contributed by atoms with Crippen molar-refractivity contribution in [2.24, 2.45) is 0 Å². The molecule has 4 nitrogen and oxygen atoms in total. The van der Waals surface area contributed by atoms with E-state index in [9.17, 15) is 4.79 Å². The van der Waals surface area contributed by atoms with Gasteiger partial charge in [0.15, 0.2) is 0 Å². The summed E-state index contributed by atoms with van der Waals surface area (Å²) in [7, 11) is 0. The molecule has 0 atom stereocenters. The number of ether oxygens (including phenoxy) is 1. The molecule has 0 saturated heterocycles. The maximum Gasteiger partial charge on any atom is 0.335 e. The number of benzene rings is 1. The molecule has 0 N–H and O–H groups in total. The second-order valence-corrected chi connectivity index (χ2v) is 5.55. The van der Waals surface area contributed by atoms with Crippen LogP contribution in [0, 0.1) is 0 Å². The van der Waals surface area contributed by atoms with Gasteiger partial charge in [0, 0.05) is 11.6 Å². The molecule has 21 heavy (non-hydrogen) atoms. The Labute approximate surface area is 128 Å². The fourth-order valence-electron chi connectivity index (χ4n) is 1.68. The van der Waals surface area contributed by atoms with Crippen LogP contribution in [0.4, 0.5) is 0 Å². The van der Waals surface area contributed by atoms with Crippen LogP contribution in [0.15, 0.2) is 36.4 Å². The number of carbonyl (C=O) groups excluding carboxylic acids is 1. The van der Waals surface area contributed by atoms with Crippen molar-refractivity contribution in [2.75, 3.05) is 0 Å². The van der Waals surface area contributed by atoms with Crippen molar-refractivity contribution in [2.45, 2.75) is 33.1 Å². The topological polar surface area (TPSA) is 52.1 Å². The molecule has 5 heteroatoms. The number of unbranched alkanes of at least 4 members (excludes halogenated alkanes) is 1. The number of esters is 1. The lowest BCUT2D eigenvalue weighted by atomic mass is 10.2. The third kappa shape index (κ3) is 4.49. The first kappa shape index (κ1) is 15.4. The van der Waals surface area contributed by atoms with Crippen LogP contribution in [0.5, 0.6) is 5.75 Å². The molecule has 0 amide bonds. The van der Waals surface area contributed by atoms with Crippen LogP contribution in [0.25, 0.3) is 10.6 Å². The van der Waals surface area contributed by atoms with Crippen LogP contribution in [0.2, 0.25) is 0 Å². The van der Waals surface area contributed by atoms with E-state index in [1.807, 2.05) is 18.2 Å². The zero-order valence-electron chi connectivity index (χ0n) is 12.2. The zero-order valence-corrected chi connectivity index (χ0v) is 13.0. The lowest BCUT2D eigenvalue weighted by Gasteiger charge is -2.02. The zero-order chi connectivity index (χ0) is 15.1. The normalized spacial score (nSPS) is 11.0. The molecule has 0 aliphatic rings.